The Balaban J connectivity index is 1.76. The van der Waals surface area contributed by atoms with Crippen molar-refractivity contribution in [3.8, 4) is 5.75 Å². The predicted octanol–water partition coefficient (Wildman–Crippen LogP) is 5.86. The highest BCUT2D eigenvalue weighted by atomic mass is 32.2. The number of imide groups is 1. The quantitative estimate of drug-likeness (QED) is 0.441. The van der Waals surface area contributed by atoms with Crippen LogP contribution in [0.2, 0.25) is 0 Å². The third-order valence-electron chi connectivity index (χ3n) is 4.89. The molecule has 2 amide bonds. The van der Waals surface area contributed by atoms with Crippen LogP contribution in [0.4, 0.5) is 5.69 Å². The second kappa shape index (κ2) is 9.23. The molecule has 1 aliphatic rings. The second-order valence-corrected chi connectivity index (χ2v) is 8.36. The third-order valence-corrected chi connectivity index (χ3v) is 5.98. The number of hydrogen-bond acceptors (Lipinski definition) is 4. The van der Waals surface area contributed by atoms with Crippen LogP contribution < -0.4 is 9.64 Å². The van der Waals surface area contributed by atoms with Crippen molar-refractivity contribution in [3.05, 3.63) is 94.9 Å². The largest absolute Gasteiger partial charge is 0.494 e. The Morgan fingerprint density at radius 1 is 0.871 bits per heavy atom. The van der Waals surface area contributed by atoms with Gasteiger partial charge in [-0.2, -0.15) is 0 Å². The second-order valence-electron chi connectivity index (χ2n) is 7.28. The van der Waals surface area contributed by atoms with Gasteiger partial charge in [-0.05, 0) is 43.2 Å². The number of rotatable bonds is 7. The van der Waals surface area contributed by atoms with Crippen molar-refractivity contribution >= 4 is 34.8 Å². The number of nitrogens with zero attached hydrogens (tertiary/aromatic N) is 1. The molecule has 4 nitrogen and oxygen atoms in total. The highest BCUT2D eigenvalue weighted by Gasteiger charge is 2.40. The summed E-state index contributed by atoms with van der Waals surface area (Å²) in [5.41, 5.74) is 2.77. The van der Waals surface area contributed by atoms with Gasteiger partial charge in [-0.3, -0.25) is 9.59 Å². The molecule has 0 fully saturated rings. The molecule has 0 atom stereocenters. The van der Waals surface area contributed by atoms with E-state index in [-0.39, 0.29) is 11.8 Å². The molecule has 0 N–H and O–H groups in total. The summed E-state index contributed by atoms with van der Waals surface area (Å²) in [5, 5.41) is 0. The van der Waals surface area contributed by atoms with Crippen LogP contribution in [0, 0.1) is 6.92 Å². The molecule has 0 radical (unpaired) electrons. The molecule has 0 spiro atoms. The topological polar surface area (TPSA) is 46.6 Å². The van der Waals surface area contributed by atoms with Gasteiger partial charge in [0.25, 0.3) is 11.8 Å². The normalized spacial score (nSPS) is 13.8. The average molecular weight is 430 g/mol. The van der Waals surface area contributed by atoms with E-state index in [1.54, 1.807) is 18.2 Å². The highest BCUT2D eigenvalue weighted by Crippen LogP contribution is 2.41. The van der Waals surface area contributed by atoms with Crippen LogP contribution in [-0.2, 0) is 9.59 Å². The van der Waals surface area contributed by atoms with Crippen LogP contribution in [0.5, 0.6) is 5.75 Å². The van der Waals surface area contributed by atoms with E-state index < -0.39 is 0 Å². The Morgan fingerprint density at radius 2 is 1.61 bits per heavy atom. The van der Waals surface area contributed by atoms with E-state index >= 15 is 0 Å². The van der Waals surface area contributed by atoms with Crippen LogP contribution in [0.25, 0.3) is 5.57 Å². The first kappa shape index (κ1) is 20.9. The molecule has 1 heterocycles. The number of thioether (sulfide) groups is 1. The van der Waals surface area contributed by atoms with E-state index in [9.17, 15) is 9.59 Å². The van der Waals surface area contributed by atoms with E-state index in [0.717, 1.165) is 22.4 Å². The maximum absolute atomic E-state index is 13.5. The molecular formula is C26H23NO3S. The minimum absolute atomic E-state index is 0.318. The first-order chi connectivity index (χ1) is 15.1. The molecule has 3 aromatic carbocycles. The van der Waals surface area contributed by atoms with Crippen LogP contribution in [0.3, 0.4) is 0 Å². The van der Waals surface area contributed by atoms with Crippen molar-refractivity contribution in [1.29, 1.82) is 0 Å². The first-order valence-corrected chi connectivity index (χ1v) is 11.1. The molecular weight excluding hydrogens is 406 g/mol. The minimum Gasteiger partial charge on any atom is -0.494 e. The number of benzene rings is 3. The molecule has 0 unspecified atom stereocenters. The van der Waals surface area contributed by atoms with Gasteiger partial charge in [-0.15, -0.1) is 0 Å². The lowest BCUT2D eigenvalue weighted by Gasteiger charge is -2.16. The van der Waals surface area contributed by atoms with Crippen LogP contribution in [0.1, 0.15) is 24.5 Å². The fraction of sp³-hybridized carbons (Fsp3) is 0.154. The van der Waals surface area contributed by atoms with E-state index in [2.05, 4.69) is 0 Å². The zero-order chi connectivity index (χ0) is 21.8. The van der Waals surface area contributed by atoms with Gasteiger partial charge in [0.2, 0.25) is 0 Å². The lowest BCUT2D eigenvalue weighted by molar-refractivity contribution is -0.119. The predicted molar refractivity (Wildman–Crippen MR) is 125 cm³/mol. The van der Waals surface area contributed by atoms with E-state index in [0.29, 0.717) is 28.5 Å². The van der Waals surface area contributed by atoms with Crippen LogP contribution in [0.15, 0.2) is 88.7 Å². The van der Waals surface area contributed by atoms with Crippen molar-refractivity contribution < 1.29 is 14.3 Å². The SMILES string of the molecule is CCCOc1cccc(N2C(=O)C(Sc3ccccc3)=C(c3ccc(C)cc3)C2=O)c1. The molecule has 0 bridgehead atoms. The molecule has 0 saturated carbocycles. The fourth-order valence-electron chi connectivity index (χ4n) is 3.35. The van der Waals surface area contributed by atoms with Crippen LogP contribution >= 0.6 is 11.8 Å². The Kier molecular flexibility index (Phi) is 6.23. The number of anilines is 1. The zero-order valence-corrected chi connectivity index (χ0v) is 18.3. The Bertz CT molecular complexity index is 1140. The van der Waals surface area contributed by atoms with Crippen LogP contribution in [-0.4, -0.2) is 18.4 Å². The monoisotopic (exact) mass is 429 g/mol. The van der Waals surface area contributed by atoms with Gasteiger partial charge in [-0.25, -0.2) is 4.90 Å². The summed E-state index contributed by atoms with van der Waals surface area (Å²) in [4.78, 5) is 29.6. The van der Waals surface area contributed by atoms with E-state index in [4.69, 9.17) is 4.74 Å². The van der Waals surface area contributed by atoms with Gasteiger partial charge >= 0.3 is 0 Å². The van der Waals surface area contributed by atoms with Crippen molar-refractivity contribution in [1.82, 2.24) is 0 Å². The summed E-state index contributed by atoms with van der Waals surface area (Å²) in [7, 11) is 0. The summed E-state index contributed by atoms with van der Waals surface area (Å²) in [5.74, 6) is 0.00277. The van der Waals surface area contributed by atoms with E-state index in [1.807, 2.05) is 74.5 Å². The fourth-order valence-corrected chi connectivity index (χ4v) is 4.37. The summed E-state index contributed by atoms with van der Waals surface area (Å²) in [6, 6.07) is 24.5. The van der Waals surface area contributed by atoms with Gasteiger partial charge in [0.1, 0.15) is 5.75 Å². The molecule has 3 aromatic rings. The lowest BCUT2D eigenvalue weighted by atomic mass is 10.0. The molecule has 0 aromatic heterocycles. The summed E-state index contributed by atoms with van der Waals surface area (Å²) >= 11 is 1.32. The van der Waals surface area contributed by atoms with Crippen molar-refractivity contribution in [3.63, 3.8) is 0 Å². The average Bonchev–Trinajstić information content (AvgIpc) is 3.03. The number of hydrogen-bond donors (Lipinski definition) is 0. The van der Waals surface area contributed by atoms with Crippen molar-refractivity contribution in [2.75, 3.05) is 11.5 Å². The Labute approximate surface area is 186 Å². The standard InChI is InChI=1S/C26H23NO3S/c1-3-16-30-21-9-7-8-20(17-21)27-25(28)23(19-14-12-18(2)13-15-19)24(26(27)29)31-22-10-5-4-6-11-22/h4-15,17H,3,16H2,1-2H3. The third kappa shape index (κ3) is 4.42. The number of ether oxygens (including phenoxy) is 1. The summed E-state index contributed by atoms with van der Waals surface area (Å²) in [6.45, 7) is 4.60. The molecule has 31 heavy (non-hydrogen) atoms. The molecule has 4 rings (SSSR count). The molecule has 1 aliphatic heterocycles. The summed E-state index contributed by atoms with van der Waals surface area (Å²) in [6.07, 6.45) is 0.878. The highest BCUT2D eigenvalue weighted by molar-refractivity contribution is 8.04. The minimum atomic E-state index is -0.320. The number of carbonyl (C=O) groups excluding carboxylic acids is 2. The van der Waals surface area contributed by atoms with Gasteiger partial charge in [0.15, 0.2) is 0 Å². The Hall–Kier alpha value is -3.31. The molecule has 0 aliphatic carbocycles. The summed E-state index contributed by atoms with van der Waals surface area (Å²) < 4.78 is 5.70. The molecule has 156 valence electrons. The van der Waals surface area contributed by atoms with Gasteiger partial charge in [0, 0.05) is 11.0 Å². The maximum Gasteiger partial charge on any atom is 0.272 e. The van der Waals surface area contributed by atoms with Gasteiger partial charge in [-0.1, -0.05) is 72.8 Å². The Morgan fingerprint density at radius 3 is 2.32 bits per heavy atom. The maximum atomic E-state index is 13.5. The van der Waals surface area contributed by atoms with Gasteiger partial charge in [0.05, 0.1) is 22.8 Å². The lowest BCUT2D eigenvalue weighted by Crippen LogP contribution is -2.31. The number of amides is 2. The van der Waals surface area contributed by atoms with Crippen molar-refractivity contribution in [2.45, 2.75) is 25.2 Å². The smallest absolute Gasteiger partial charge is 0.272 e. The number of aryl methyl sites for hydroxylation is 1. The van der Waals surface area contributed by atoms with E-state index in [1.165, 1.54) is 16.7 Å². The first-order valence-electron chi connectivity index (χ1n) is 10.2. The number of carbonyl (C=O) groups is 2. The molecule has 5 heteroatoms. The van der Waals surface area contributed by atoms with Crippen molar-refractivity contribution in [2.24, 2.45) is 0 Å². The molecule has 0 saturated heterocycles. The zero-order valence-electron chi connectivity index (χ0n) is 17.5. The van der Waals surface area contributed by atoms with Gasteiger partial charge < -0.3 is 4.74 Å².